The Labute approximate surface area is 113 Å². The van der Waals surface area contributed by atoms with Crippen molar-refractivity contribution in [3.63, 3.8) is 0 Å². The summed E-state index contributed by atoms with van der Waals surface area (Å²) >= 11 is 5.93. The molecule has 94 valence electrons. The molecule has 0 amide bonds. The molecule has 0 saturated carbocycles. The van der Waals surface area contributed by atoms with Gasteiger partial charge in [0.1, 0.15) is 11.8 Å². The van der Waals surface area contributed by atoms with Crippen LogP contribution in [0.1, 0.15) is 15.9 Å². The largest absolute Gasteiger partial charge is 0.478 e. The van der Waals surface area contributed by atoms with Crippen molar-refractivity contribution in [3.8, 4) is 17.6 Å². The first kappa shape index (κ1) is 12.9. The molecule has 0 spiro atoms. The van der Waals surface area contributed by atoms with Gasteiger partial charge in [-0.05, 0) is 24.3 Å². The second kappa shape index (κ2) is 5.38. The summed E-state index contributed by atoms with van der Waals surface area (Å²) in [4.78, 5) is 14.6. The zero-order chi connectivity index (χ0) is 13.8. The van der Waals surface area contributed by atoms with E-state index in [1.54, 1.807) is 0 Å². The minimum Gasteiger partial charge on any atom is -0.478 e. The summed E-state index contributed by atoms with van der Waals surface area (Å²) in [6.07, 6.45) is 2.86. The predicted octanol–water partition coefficient (Wildman–Crippen LogP) is 3.10. The van der Waals surface area contributed by atoms with E-state index < -0.39 is 5.97 Å². The third kappa shape index (κ3) is 2.81. The normalized spacial score (nSPS) is 9.68. The number of carbonyl (C=O) groups is 1. The van der Waals surface area contributed by atoms with E-state index in [0.717, 1.165) is 0 Å². The number of ether oxygens (including phenoxy) is 1. The fraction of sp³-hybridized carbons (Fsp3) is 0. The average Bonchev–Trinajstić information content (AvgIpc) is 2.41. The second-order valence-corrected chi connectivity index (χ2v) is 3.94. The Morgan fingerprint density at radius 3 is 2.79 bits per heavy atom. The highest BCUT2D eigenvalue weighted by Gasteiger charge is 2.10. The molecule has 0 radical (unpaired) electrons. The van der Waals surface area contributed by atoms with E-state index in [9.17, 15) is 4.79 Å². The lowest BCUT2D eigenvalue weighted by Crippen LogP contribution is -1.96. The van der Waals surface area contributed by atoms with Gasteiger partial charge >= 0.3 is 5.97 Å². The molecule has 0 aliphatic heterocycles. The quantitative estimate of drug-likeness (QED) is 0.930. The Morgan fingerprint density at radius 1 is 1.37 bits per heavy atom. The predicted molar refractivity (Wildman–Crippen MR) is 67.4 cm³/mol. The zero-order valence-electron chi connectivity index (χ0n) is 9.50. The Kier molecular flexibility index (Phi) is 3.64. The highest BCUT2D eigenvalue weighted by atomic mass is 35.5. The molecule has 0 fully saturated rings. The Balaban J connectivity index is 2.34. The molecule has 0 saturated heterocycles. The molecule has 0 bridgehead atoms. The molecule has 2 rings (SSSR count). The number of hydrogen-bond acceptors (Lipinski definition) is 4. The van der Waals surface area contributed by atoms with Crippen LogP contribution in [0.3, 0.4) is 0 Å². The van der Waals surface area contributed by atoms with Gasteiger partial charge in [-0.2, -0.15) is 5.26 Å². The summed E-state index contributed by atoms with van der Waals surface area (Å²) in [5.41, 5.74) is 0.373. The number of hydrogen-bond donors (Lipinski definition) is 1. The van der Waals surface area contributed by atoms with E-state index in [1.807, 2.05) is 6.07 Å². The number of aromatic nitrogens is 1. The van der Waals surface area contributed by atoms with Gasteiger partial charge in [0.05, 0.1) is 22.3 Å². The number of halogens is 1. The Bertz CT molecular complexity index is 680. The van der Waals surface area contributed by atoms with Crippen molar-refractivity contribution in [3.05, 3.63) is 52.8 Å². The summed E-state index contributed by atoms with van der Waals surface area (Å²) in [5.74, 6) is -0.557. The SMILES string of the molecule is N#Cc1ccncc1Oc1ccc(C(=O)O)cc1Cl. The number of benzene rings is 1. The van der Waals surface area contributed by atoms with Crippen LogP contribution in [0, 0.1) is 11.3 Å². The van der Waals surface area contributed by atoms with Crippen LogP contribution in [0.5, 0.6) is 11.5 Å². The van der Waals surface area contributed by atoms with E-state index >= 15 is 0 Å². The van der Waals surface area contributed by atoms with Crippen LogP contribution >= 0.6 is 11.6 Å². The maximum atomic E-state index is 10.8. The zero-order valence-corrected chi connectivity index (χ0v) is 10.3. The molecular weight excluding hydrogens is 268 g/mol. The fourth-order valence-corrected chi connectivity index (χ4v) is 1.61. The van der Waals surface area contributed by atoms with Gasteiger partial charge in [0, 0.05) is 6.20 Å². The first-order valence-electron chi connectivity index (χ1n) is 5.16. The molecular formula is C13H7ClN2O3. The van der Waals surface area contributed by atoms with Crippen molar-refractivity contribution >= 4 is 17.6 Å². The van der Waals surface area contributed by atoms with Gasteiger partial charge in [-0.25, -0.2) is 4.79 Å². The minimum atomic E-state index is -1.08. The monoisotopic (exact) mass is 274 g/mol. The lowest BCUT2D eigenvalue weighted by atomic mass is 10.2. The lowest BCUT2D eigenvalue weighted by Gasteiger charge is -2.08. The van der Waals surface area contributed by atoms with E-state index in [0.29, 0.717) is 5.56 Å². The maximum Gasteiger partial charge on any atom is 0.335 e. The number of nitriles is 1. The molecule has 1 aromatic carbocycles. The van der Waals surface area contributed by atoms with Crippen molar-refractivity contribution in [2.75, 3.05) is 0 Å². The van der Waals surface area contributed by atoms with Gasteiger partial charge < -0.3 is 9.84 Å². The number of aromatic carboxylic acids is 1. The van der Waals surface area contributed by atoms with Crippen molar-refractivity contribution < 1.29 is 14.6 Å². The van der Waals surface area contributed by atoms with Gasteiger partial charge in [0.15, 0.2) is 5.75 Å². The fourth-order valence-electron chi connectivity index (χ4n) is 1.39. The van der Waals surface area contributed by atoms with Crippen LogP contribution < -0.4 is 4.74 Å². The average molecular weight is 275 g/mol. The molecule has 0 aliphatic carbocycles. The summed E-state index contributed by atoms with van der Waals surface area (Å²) in [7, 11) is 0. The van der Waals surface area contributed by atoms with Crippen molar-refractivity contribution in [2.45, 2.75) is 0 Å². The van der Waals surface area contributed by atoms with Crippen LogP contribution in [-0.4, -0.2) is 16.1 Å². The third-order valence-corrected chi connectivity index (χ3v) is 2.60. The van der Waals surface area contributed by atoms with Gasteiger partial charge in [-0.1, -0.05) is 11.6 Å². The number of rotatable bonds is 3. The number of nitrogens with zero attached hydrogens (tertiary/aromatic N) is 2. The highest BCUT2D eigenvalue weighted by molar-refractivity contribution is 6.32. The number of carboxylic acid groups (broad SMARTS) is 1. The summed E-state index contributed by atoms with van der Waals surface area (Å²) in [6.45, 7) is 0. The topological polar surface area (TPSA) is 83.2 Å². The number of carboxylic acids is 1. The Morgan fingerprint density at radius 2 is 2.16 bits per heavy atom. The van der Waals surface area contributed by atoms with Crippen LogP contribution in [0.25, 0.3) is 0 Å². The molecule has 0 unspecified atom stereocenters. The van der Waals surface area contributed by atoms with Gasteiger partial charge in [-0.3, -0.25) is 4.98 Å². The summed E-state index contributed by atoms with van der Waals surface area (Å²) in [5, 5.41) is 17.9. The molecule has 1 N–H and O–H groups in total. The number of pyridine rings is 1. The van der Waals surface area contributed by atoms with Crippen LogP contribution in [0.15, 0.2) is 36.7 Å². The molecule has 6 heteroatoms. The van der Waals surface area contributed by atoms with E-state index in [1.165, 1.54) is 36.7 Å². The minimum absolute atomic E-state index is 0.0593. The van der Waals surface area contributed by atoms with E-state index in [4.69, 9.17) is 26.7 Å². The smallest absolute Gasteiger partial charge is 0.335 e. The van der Waals surface area contributed by atoms with Crippen molar-refractivity contribution in [1.82, 2.24) is 4.98 Å². The van der Waals surface area contributed by atoms with E-state index in [2.05, 4.69) is 4.98 Å². The van der Waals surface area contributed by atoms with Crippen LogP contribution in [-0.2, 0) is 0 Å². The van der Waals surface area contributed by atoms with Crippen molar-refractivity contribution in [2.24, 2.45) is 0 Å². The Hall–Kier alpha value is -2.58. The molecule has 0 aliphatic rings. The molecule has 2 aromatic rings. The first-order valence-corrected chi connectivity index (χ1v) is 5.54. The summed E-state index contributed by atoms with van der Waals surface area (Å²) < 4.78 is 5.46. The highest BCUT2D eigenvalue weighted by Crippen LogP contribution is 2.31. The van der Waals surface area contributed by atoms with Crippen molar-refractivity contribution in [1.29, 1.82) is 5.26 Å². The standard InChI is InChI=1S/C13H7ClN2O3/c14-10-5-8(13(17)18)1-2-11(10)19-12-7-16-4-3-9(12)6-15/h1-5,7H,(H,17,18). The molecule has 19 heavy (non-hydrogen) atoms. The first-order chi connectivity index (χ1) is 9.11. The van der Waals surface area contributed by atoms with Crippen LogP contribution in [0.2, 0.25) is 5.02 Å². The summed E-state index contributed by atoms with van der Waals surface area (Å²) in [6, 6.07) is 7.55. The van der Waals surface area contributed by atoms with Gasteiger partial charge in [0.2, 0.25) is 0 Å². The van der Waals surface area contributed by atoms with Gasteiger partial charge in [-0.15, -0.1) is 0 Å². The second-order valence-electron chi connectivity index (χ2n) is 3.54. The molecule has 1 aromatic heterocycles. The lowest BCUT2D eigenvalue weighted by molar-refractivity contribution is 0.0697. The van der Waals surface area contributed by atoms with E-state index in [-0.39, 0.29) is 22.1 Å². The molecule has 1 heterocycles. The molecule has 5 nitrogen and oxygen atoms in total. The molecule has 0 atom stereocenters. The van der Waals surface area contributed by atoms with Gasteiger partial charge in [0.25, 0.3) is 0 Å². The maximum absolute atomic E-state index is 10.8. The van der Waals surface area contributed by atoms with Crippen LogP contribution in [0.4, 0.5) is 0 Å². The third-order valence-electron chi connectivity index (χ3n) is 2.30.